The van der Waals surface area contributed by atoms with E-state index in [0.29, 0.717) is 35.3 Å². The van der Waals surface area contributed by atoms with Gasteiger partial charge < -0.3 is 4.98 Å². The zero-order valence-corrected chi connectivity index (χ0v) is 19.9. The Kier molecular flexibility index (Phi) is 6.80. The topological polar surface area (TPSA) is 123 Å². The van der Waals surface area contributed by atoms with Crippen LogP contribution >= 0.6 is 23.2 Å². The SMILES string of the molecule is Cc1cc2nc(CCn3ncc(Cl)c(Cl)c3=O)[nH]c2cc1S(=O)(=O)NCCc1ccccn1. The lowest BCUT2D eigenvalue weighted by atomic mass is 10.2. The van der Waals surface area contributed by atoms with E-state index in [-0.39, 0.29) is 28.0 Å². The molecule has 0 amide bonds. The van der Waals surface area contributed by atoms with Crippen molar-refractivity contribution in [2.75, 3.05) is 6.54 Å². The van der Waals surface area contributed by atoms with Gasteiger partial charge in [0.15, 0.2) is 0 Å². The van der Waals surface area contributed by atoms with Gasteiger partial charge in [-0.25, -0.2) is 22.8 Å². The Labute approximate surface area is 199 Å². The minimum Gasteiger partial charge on any atom is -0.342 e. The highest BCUT2D eigenvalue weighted by atomic mass is 35.5. The van der Waals surface area contributed by atoms with Crippen LogP contribution in [-0.2, 0) is 29.4 Å². The lowest BCUT2D eigenvalue weighted by molar-refractivity contribution is 0.569. The van der Waals surface area contributed by atoms with Gasteiger partial charge in [0.1, 0.15) is 10.8 Å². The number of nitrogens with one attached hydrogen (secondary N) is 2. The number of imidazole rings is 1. The maximum absolute atomic E-state index is 12.9. The predicted octanol–water partition coefficient (Wildman–Crippen LogP) is 2.89. The largest absolute Gasteiger partial charge is 0.342 e. The molecule has 1 aromatic carbocycles. The molecule has 4 aromatic rings. The molecule has 9 nitrogen and oxygen atoms in total. The second kappa shape index (κ2) is 9.60. The second-order valence-corrected chi connectivity index (χ2v) is 9.89. The molecule has 2 N–H and O–H groups in total. The number of aromatic nitrogens is 5. The molecule has 0 radical (unpaired) electrons. The number of halogens is 2. The van der Waals surface area contributed by atoms with Crippen molar-refractivity contribution in [2.24, 2.45) is 0 Å². The van der Waals surface area contributed by atoms with Crippen LogP contribution in [0.15, 0.2) is 52.4 Å². The third kappa shape index (κ3) is 5.25. The van der Waals surface area contributed by atoms with E-state index in [1.165, 1.54) is 10.9 Å². The maximum atomic E-state index is 12.9. The Morgan fingerprint density at radius 1 is 1.18 bits per heavy atom. The fraction of sp³-hybridized carbons (Fsp3) is 0.238. The molecular formula is C21H20Cl2N6O3S. The Bertz CT molecular complexity index is 1470. The van der Waals surface area contributed by atoms with Crippen LogP contribution in [0.3, 0.4) is 0 Å². The lowest BCUT2D eigenvalue weighted by Crippen LogP contribution is -2.26. The zero-order valence-electron chi connectivity index (χ0n) is 17.5. The Hall–Kier alpha value is -2.79. The fourth-order valence-corrected chi connectivity index (χ4v) is 4.91. The van der Waals surface area contributed by atoms with Gasteiger partial charge in [0.25, 0.3) is 5.56 Å². The van der Waals surface area contributed by atoms with E-state index in [1.807, 2.05) is 18.2 Å². The first-order valence-corrected chi connectivity index (χ1v) is 12.3. The summed E-state index contributed by atoms with van der Waals surface area (Å²) in [6, 6.07) is 8.79. The van der Waals surface area contributed by atoms with Crippen LogP contribution in [0.5, 0.6) is 0 Å². The van der Waals surface area contributed by atoms with E-state index < -0.39 is 15.6 Å². The third-order valence-corrected chi connectivity index (χ3v) is 7.37. The van der Waals surface area contributed by atoms with Gasteiger partial charge in [-0.3, -0.25) is 9.78 Å². The zero-order chi connectivity index (χ0) is 23.6. The smallest absolute Gasteiger partial charge is 0.287 e. The molecule has 4 rings (SSSR count). The van der Waals surface area contributed by atoms with Crippen LogP contribution in [0.2, 0.25) is 10.0 Å². The quantitative estimate of drug-likeness (QED) is 0.378. The van der Waals surface area contributed by atoms with Gasteiger partial charge in [0, 0.05) is 31.3 Å². The molecule has 0 aliphatic heterocycles. The highest BCUT2D eigenvalue weighted by Crippen LogP contribution is 2.22. The first-order valence-electron chi connectivity index (χ1n) is 10.0. The molecule has 0 aliphatic rings. The second-order valence-electron chi connectivity index (χ2n) is 7.37. The van der Waals surface area contributed by atoms with Crippen LogP contribution in [0, 0.1) is 6.92 Å². The van der Waals surface area contributed by atoms with Crippen LogP contribution in [0.25, 0.3) is 11.0 Å². The Morgan fingerprint density at radius 3 is 2.76 bits per heavy atom. The Balaban J connectivity index is 1.50. The number of hydrogen-bond donors (Lipinski definition) is 2. The van der Waals surface area contributed by atoms with Crippen molar-refractivity contribution in [3.8, 4) is 0 Å². The molecule has 0 saturated heterocycles. The van der Waals surface area contributed by atoms with E-state index in [9.17, 15) is 13.2 Å². The number of aromatic amines is 1. The molecule has 0 saturated carbocycles. The molecule has 33 heavy (non-hydrogen) atoms. The van der Waals surface area contributed by atoms with Crippen molar-refractivity contribution >= 4 is 44.3 Å². The van der Waals surface area contributed by atoms with Crippen LogP contribution in [-0.4, -0.2) is 39.7 Å². The first kappa shape index (κ1) is 23.4. The number of benzene rings is 1. The van der Waals surface area contributed by atoms with E-state index in [1.54, 1.807) is 25.3 Å². The summed E-state index contributed by atoms with van der Waals surface area (Å²) in [5, 5.41) is 3.98. The van der Waals surface area contributed by atoms with Gasteiger partial charge in [-0.15, -0.1) is 0 Å². The molecule has 0 bridgehead atoms. The third-order valence-electron chi connectivity index (χ3n) is 5.02. The van der Waals surface area contributed by atoms with Gasteiger partial charge in [-0.1, -0.05) is 29.3 Å². The normalized spacial score (nSPS) is 11.8. The summed E-state index contributed by atoms with van der Waals surface area (Å²) in [5.74, 6) is 0.585. The van der Waals surface area contributed by atoms with Gasteiger partial charge >= 0.3 is 0 Å². The minimum absolute atomic E-state index is 0.0858. The van der Waals surface area contributed by atoms with Gasteiger partial charge in [0.05, 0.1) is 33.7 Å². The van der Waals surface area contributed by atoms with Crippen molar-refractivity contribution in [1.29, 1.82) is 0 Å². The number of H-pyrrole nitrogens is 1. The van der Waals surface area contributed by atoms with E-state index >= 15 is 0 Å². The van der Waals surface area contributed by atoms with Crippen molar-refractivity contribution in [2.45, 2.75) is 31.2 Å². The van der Waals surface area contributed by atoms with E-state index in [2.05, 4.69) is 24.8 Å². The summed E-state index contributed by atoms with van der Waals surface area (Å²) in [7, 11) is -3.72. The van der Waals surface area contributed by atoms with E-state index in [4.69, 9.17) is 23.2 Å². The first-order chi connectivity index (χ1) is 15.7. The molecule has 12 heteroatoms. The van der Waals surface area contributed by atoms with Crippen LogP contribution < -0.4 is 10.3 Å². The molecule has 0 spiro atoms. The molecule has 0 unspecified atom stereocenters. The summed E-state index contributed by atoms with van der Waals surface area (Å²) in [6.45, 7) is 2.19. The molecule has 0 fully saturated rings. The summed E-state index contributed by atoms with van der Waals surface area (Å²) in [5.41, 5.74) is 2.11. The summed E-state index contributed by atoms with van der Waals surface area (Å²) < 4.78 is 29.6. The maximum Gasteiger partial charge on any atom is 0.287 e. The summed E-state index contributed by atoms with van der Waals surface area (Å²) in [4.78, 5) is 24.1. The number of sulfonamides is 1. The highest BCUT2D eigenvalue weighted by molar-refractivity contribution is 7.89. The van der Waals surface area contributed by atoms with Crippen molar-refractivity contribution in [1.82, 2.24) is 29.5 Å². The minimum atomic E-state index is -3.72. The number of hydrogen-bond acceptors (Lipinski definition) is 6. The highest BCUT2D eigenvalue weighted by Gasteiger charge is 2.19. The number of aryl methyl sites for hydroxylation is 3. The molecule has 0 atom stereocenters. The van der Waals surface area contributed by atoms with Gasteiger partial charge in [0.2, 0.25) is 10.0 Å². The molecular weight excluding hydrogens is 487 g/mol. The van der Waals surface area contributed by atoms with Crippen molar-refractivity contribution in [3.63, 3.8) is 0 Å². The molecule has 3 aromatic heterocycles. The van der Waals surface area contributed by atoms with Crippen LogP contribution in [0.1, 0.15) is 17.1 Å². The van der Waals surface area contributed by atoms with Gasteiger partial charge in [-0.05, 0) is 36.8 Å². The standard InChI is InChI=1S/C21H20Cl2N6O3S/c1-13-10-16-17(11-18(13)33(31,32)26-8-5-14-4-2-3-7-24-14)28-19(27-16)6-9-29-21(30)20(23)15(22)12-25-29/h2-4,7,10-12,26H,5-6,8-9H2,1H3,(H,27,28). The van der Waals surface area contributed by atoms with Crippen molar-refractivity contribution in [3.05, 3.63) is 80.2 Å². The number of rotatable bonds is 8. The van der Waals surface area contributed by atoms with Crippen LogP contribution in [0.4, 0.5) is 0 Å². The fourth-order valence-electron chi connectivity index (χ4n) is 3.36. The Morgan fingerprint density at radius 2 is 2.00 bits per heavy atom. The average molecular weight is 507 g/mol. The molecule has 0 aliphatic carbocycles. The lowest BCUT2D eigenvalue weighted by Gasteiger charge is -2.09. The number of nitrogens with zero attached hydrogens (tertiary/aromatic N) is 4. The predicted molar refractivity (Wildman–Crippen MR) is 126 cm³/mol. The average Bonchev–Trinajstić information content (AvgIpc) is 3.18. The summed E-state index contributed by atoms with van der Waals surface area (Å²) in [6.07, 6.45) is 3.83. The number of fused-ring (bicyclic) bond motifs is 1. The monoisotopic (exact) mass is 506 g/mol. The van der Waals surface area contributed by atoms with Crippen molar-refractivity contribution < 1.29 is 8.42 Å². The number of pyridine rings is 1. The molecule has 172 valence electrons. The molecule has 3 heterocycles. The van der Waals surface area contributed by atoms with E-state index in [0.717, 1.165) is 5.69 Å². The van der Waals surface area contributed by atoms with Gasteiger partial charge in [-0.2, -0.15) is 5.10 Å². The summed E-state index contributed by atoms with van der Waals surface area (Å²) >= 11 is 11.7.